The average molecular weight is 283 g/mol. The smallest absolute Gasteiger partial charge is 0.262 e. The first-order chi connectivity index (χ1) is 10.1. The number of hydrogen-bond acceptors (Lipinski definition) is 3. The van der Waals surface area contributed by atoms with Crippen molar-refractivity contribution in [2.24, 2.45) is 0 Å². The van der Waals surface area contributed by atoms with E-state index < -0.39 is 0 Å². The minimum atomic E-state index is -0.265. The number of aryl methyl sites for hydroxylation is 2. The Morgan fingerprint density at radius 2 is 1.90 bits per heavy atom. The van der Waals surface area contributed by atoms with Gasteiger partial charge in [-0.2, -0.15) is 0 Å². The quantitative estimate of drug-likeness (QED) is 0.858. The second-order valence-electron chi connectivity index (χ2n) is 4.79. The number of rotatable bonds is 5. The van der Waals surface area contributed by atoms with Crippen molar-refractivity contribution in [3.8, 4) is 5.75 Å². The van der Waals surface area contributed by atoms with Crippen molar-refractivity contribution in [3.63, 3.8) is 0 Å². The number of benzene rings is 2. The first-order valence-corrected chi connectivity index (χ1v) is 6.64. The van der Waals surface area contributed by atoms with Gasteiger partial charge in [-0.05, 0) is 49.2 Å². The zero-order valence-electron chi connectivity index (χ0n) is 12.1. The molecule has 0 spiro atoms. The summed E-state index contributed by atoms with van der Waals surface area (Å²) in [4.78, 5) is 22.7. The highest BCUT2D eigenvalue weighted by molar-refractivity contribution is 5.92. The largest absolute Gasteiger partial charge is 0.483 e. The molecular weight excluding hydrogens is 266 g/mol. The van der Waals surface area contributed by atoms with Gasteiger partial charge in [0.05, 0.1) is 5.56 Å². The van der Waals surface area contributed by atoms with E-state index in [9.17, 15) is 9.59 Å². The molecule has 21 heavy (non-hydrogen) atoms. The number of amides is 1. The zero-order valence-corrected chi connectivity index (χ0v) is 12.1. The number of para-hydroxylation sites is 1. The van der Waals surface area contributed by atoms with Crippen LogP contribution < -0.4 is 10.1 Å². The van der Waals surface area contributed by atoms with Crippen molar-refractivity contribution in [1.82, 2.24) is 0 Å². The van der Waals surface area contributed by atoms with Gasteiger partial charge in [-0.3, -0.25) is 9.59 Å². The van der Waals surface area contributed by atoms with Gasteiger partial charge >= 0.3 is 0 Å². The second-order valence-corrected chi connectivity index (χ2v) is 4.79. The summed E-state index contributed by atoms with van der Waals surface area (Å²) >= 11 is 0. The molecule has 1 N–H and O–H groups in total. The maximum atomic E-state index is 11.9. The molecule has 0 aromatic heterocycles. The van der Waals surface area contributed by atoms with Gasteiger partial charge in [0.25, 0.3) is 5.91 Å². The Bertz CT molecular complexity index is 665. The van der Waals surface area contributed by atoms with E-state index in [0.29, 0.717) is 17.6 Å². The highest BCUT2D eigenvalue weighted by Crippen LogP contribution is 2.16. The van der Waals surface area contributed by atoms with Gasteiger partial charge in [0.1, 0.15) is 5.75 Å². The Balaban J connectivity index is 1.96. The van der Waals surface area contributed by atoms with Gasteiger partial charge in [0, 0.05) is 5.69 Å². The van der Waals surface area contributed by atoms with Crippen molar-refractivity contribution in [2.75, 3.05) is 11.9 Å². The molecule has 4 heteroatoms. The number of aldehydes is 1. The van der Waals surface area contributed by atoms with Crippen molar-refractivity contribution >= 4 is 17.9 Å². The van der Waals surface area contributed by atoms with E-state index in [-0.39, 0.29) is 12.5 Å². The van der Waals surface area contributed by atoms with Crippen LogP contribution in [0.4, 0.5) is 5.69 Å². The van der Waals surface area contributed by atoms with Gasteiger partial charge < -0.3 is 10.1 Å². The minimum absolute atomic E-state index is 0.141. The summed E-state index contributed by atoms with van der Waals surface area (Å²) in [6.45, 7) is 3.86. The summed E-state index contributed by atoms with van der Waals surface area (Å²) in [5, 5.41) is 2.77. The standard InChI is InChI=1S/C17H17NO3/c1-12-7-8-15(9-13(12)2)18-17(20)11-21-16-6-4-3-5-14(16)10-19/h3-10H,11H2,1-2H3,(H,18,20). The molecule has 0 saturated heterocycles. The molecular formula is C17H17NO3. The normalized spacial score (nSPS) is 10.0. The predicted octanol–water partition coefficient (Wildman–Crippen LogP) is 3.13. The van der Waals surface area contributed by atoms with Gasteiger partial charge in [0.2, 0.25) is 0 Å². The Morgan fingerprint density at radius 1 is 1.14 bits per heavy atom. The summed E-state index contributed by atoms with van der Waals surface area (Å²) in [6, 6.07) is 12.5. The molecule has 0 aliphatic heterocycles. The lowest BCUT2D eigenvalue weighted by Gasteiger charge is -2.10. The van der Waals surface area contributed by atoms with Crippen LogP contribution in [0.3, 0.4) is 0 Å². The van der Waals surface area contributed by atoms with Crippen LogP contribution >= 0.6 is 0 Å². The topological polar surface area (TPSA) is 55.4 Å². The van der Waals surface area contributed by atoms with Gasteiger partial charge in [0.15, 0.2) is 12.9 Å². The molecule has 2 rings (SSSR count). The highest BCUT2D eigenvalue weighted by atomic mass is 16.5. The fourth-order valence-electron chi connectivity index (χ4n) is 1.87. The lowest BCUT2D eigenvalue weighted by molar-refractivity contribution is -0.118. The maximum absolute atomic E-state index is 11.9. The van der Waals surface area contributed by atoms with Crippen LogP contribution in [0.25, 0.3) is 0 Å². The summed E-state index contributed by atoms with van der Waals surface area (Å²) < 4.78 is 5.37. The SMILES string of the molecule is Cc1ccc(NC(=O)COc2ccccc2C=O)cc1C. The molecule has 0 saturated carbocycles. The Hall–Kier alpha value is -2.62. The van der Waals surface area contributed by atoms with Crippen LogP contribution in [0.5, 0.6) is 5.75 Å². The number of ether oxygens (including phenoxy) is 1. The first-order valence-electron chi connectivity index (χ1n) is 6.64. The fraction of sp³-hybridized carbons (Fsp3) is 0.176. The molecule has 0 heterocycles. The molecule has 0 fully saturated rings. The molecule has 0 atom stereocenters. The van der Waals surface area contributed by atoms with Crippen LogP contribution in [-0.4, -0.2) is 18.8 Å². The van der Waals surface area contributed by atoms with Crippen LogP contribution in [-0.2, 0) is 4.79 Å². The van der Waals surface area contributed by atoms with E-state index in [1.165, 1.54) is 5.56 Å². The molecule has 2 aromatic carbocycles. The van der Waals surface area contributed by atoms with Crippen molar-refractivity contribution in [1.29, 1.82) is 0 Å². The third kappa shape index (κ3) is 3.92. The summed E-state index contributed by atoms with van der Waals surface area (Å²) in [5.41, 5.74) is 3.44. The number of carbonyl (C=O) groups excluding carboxylic acids is 2. The summed E-state index contributed by atoms with van der Waals surface area (Å²) in [6.07, 6.45) is 0.705. The molecule has 108 valence electrons. The molecule has 4 nitrogen and oxygen atoms in total. The lowest BCUT2D eigenvalue weighted by atomic mass is 10.1. The number of carbonyl (C=O) groups is 2. The summed E-state index contributed by atoms with van der Waals surface area (Å²) in [5.74, 6) is 0.140. The van der Waals surface area contributed by atoms with Gasteiger partial charge in [-0.1, -0.05) is 18.2 Å². The third-order valence-corrected chi connectivity index (χ3v) is 3.20. The summed E-state index contributed by atoms with van der Waals surface area (Å²) in [7, 11) is 0. The zero-order chi connectivity index (χ0) is 15.2. The maximum Gasteiger partial charge on any atom is 0.262 e. The molecule has 0 radical (unpaired) electrons. The second kappa shape index (κ2) is 6.70. The lowest BCUT2D eigenvalue weighted by Crippen LogP contribution is -2.20. The molecule has 0 bridgehead atoms. The monoisotopic (exact) mass is 283 g/mol. The van der Waals surface area contributed by atoms with Crippen molar-refractivity contribution in [2.45, 2.75) is 13.8 Å². The fourth-order valence-corrected chi connectivity index (χ4v) is 1.87. The highest BCUT2D eigenvalue weighted by Gasteiger charge is 2.07. The number of nitrogens with one attached hydrogen (secondary N) is 1. The van der Waals surface area contributed by atoms with Crippen molar-refractivity contribution in [3.05, 3.63) is 59.2 Å². The van der Waals surface area contributed by atoms with E-state index >= 15 is 0 Å². The average Bonchev–Trinajstić information content (AvgIpc) is 2.49. The number of anilines is 1. The predicted molar refractivity (Wildman–Crippen MR) is 81.9 cm³/mol. The first kappa shape index (κ1) is 14.8. The van der Waals surface area contributed by atoms with E-state index in [0.717, 1.165) is 11.3 Å². The van der Waals surface area contributed by atoms with E-state index in [4.69, 9.17) is 4.74 Å². The molecule has 1 amide bonds. The third-order valence-electron chi connectivity index (χ3n) is 3.20. The van der Waals surface area contributed by atoms with Gasteiger partial charge in [-0.25, -0.2) is 0 Å². The Labute approximate surface area is 123 Å². The Kier molecular flexibility index (Phi) is 4.72. The Morgan fingerprint density at radius 3 is 2.62 bits per heavy atom. The molecule has 2 aromatic rings. The van der Waals surface area contributed by atoms with Crippen LogP contribution in [0.2, 0.25) is 0 Å². The van der Waals surface area contributed by atoms with Crippen LogP contribution in [0, 0.1) is 13.8 Å². The molecule has 0 aliphatic rings. The van der Waals surface area contributed by atoms with E-state index in [2.05, 4.69) is 5.32 Å². The van der Waals surface area contributed by atoms with Crippen LogP contribution in [0.1, 0.15) is 21.5 Å². The minimum Gasteiger partial charge on any atom is -0.483 e. The van der Waals surface area contributed by atoms with E-state index in [1.54, 1.807) is 24.3 Å². The molecule has 0 aliphatic carbocycles. The van der Waals surface area contributed by atoms with Gasteiger partial charge in [-0.15, -0.1) is 0 Å². The molecule has 0 unspecified atom stereocenters. The van der Waals surface area contributed by atoms with Crippen molar-refractivity contribution < 1.29 is 14.3 Å². The number of hydrogen-bond donors (Lipinski definition) is 1. The van der Waals surface area contributed by atoms with Crippen LogP contribution in [0.15, 0.2) is 42.5 Å². The van der Waals surface area contributed by atoms with E-state index in [1.807, 2.05) is 32.0 Å².